The maximum atomic E-state index is 11.1. The molecule has 0 N–H and O–H groups in total. The number of aryl methyl sites for hydroxylation is 6. The van der Waals surface area contributed by atoms with Crippen LogP contribution in [0.1, 0.15) is 106 Å². The van der Waals surface area contributed by atoms with Gasteiger partial charge in [-0.1, -0.05) is 85.8 Å². The summed E-state index contributed by atoms with van der Waals surface area (Å²) in [6.07, 6.45) is 20.2. The van der Waals surface area contributed by atoms with Gasteiger partial charge in [-0.3, -0.25) is 13.9 Å². The van der Waals surface area contributed by atoms with E-state index in [1.54, 1.807) is 33.3 Å². The molecule has 17 nitrogen and oxygen atoms in total. The molecule has 0 aliphatic rings. The Morgan fingerprint density at radius 1 is 0.529 bits per heavy atom. The largest absolute Gasteiger partial charge is 2.00 e. The van der Waals surface area contributed by atoms with Crippen LogP contribution in [0.25, 0.3) is 55.5 Å². The van der Waals surface area contributed by atoms with Gasteiger partial charge in [-0.25, -0.2) is 49.8 Å². The van der Waals surface area contributed by atoms with E-state index in [1.807, 2.05) is 143 Å². The Bertz CT molecular complexity index is 3760. The molecule has 11 rings (SSSR count). The van der Waals surface area contributed by atoms with Gasteiger partial charge >= 0.3 is 169 Å². The number of carbonyl (C=O) groups excluding carboxylic acids is 1. The molecule has 444 valence electrons. The normalized spacial score (nSPS) is 10.2. The quantitative estimate of drug-likeness (QED) is 0.0346. The minimum atomic E-state index is -2.19. The van der Waals surface area contributed by atoms with Gasteiger partial charge in [0.2, 0.25) is 17.2 Å². The fraction of sp³-hybridized carbons (Fsp3) is 0.306. The summed E-state index contributed by atoms with van der Waals surface area (Å²) in [5.41, 5.74) is 7.88. The summed E-state index contributed by atoms with van der Waals surface area (Å²) >= 11 is 7.62. The zero-order valence-electron chi connectivity index (χ0n) is 49.4. The van der Waals surface area contributed by atoms with E-state index >= 15 is 0 Å². The van der Waals surface area contributed by atoms with E-state index in [9.17, 15) is 4.79 Å². The average molecular weight is 1390 g/mol. The van der Waals surface area contributed by atoms with Crippen molar-refractivity contribution in [3.8, 4) is 11.9 Å². The number of benzene rings is 4. The van der Waals surface area contributed by atoms with Crippen molar-refractivity contribution in [3.63, 3.8) is 0 Å². The number of unbranched alkanes of at least 4 members (excludes halogenated alkanes) is 3. The fourth-order valence-electron chi connectivity index (χ4n) is 9.32. The molecule has 0 saturated carbocycles. The molecule has 0 unspecified atom stereocenters. The molecule has 0 spiro atoms. The second kappa shape index (κ2) is 38.3. The molecular weight excluding hydrogens is 1320 g/mol. The zero-order chi connectivity index (χ0) is 58.3. The molecule has 0 aliphatic carbocycles. The Hall–Kier alpha value is -5.91. The molecule has 0 fully saturated rings. The Morgan fingerprint density at radius 2 is 0.929 bits per heavy atom. The summed E-state index contributed by atoms with van der Waals surface area (Å²) in [5, 5.41) is 4.39. The van der Waals surface area contributed by atoms with E-state index in [-0.39, 0.29) is 55.6 Å². The monoisotopic (exact) mass is 1390 g/mol. The molecule has 7 aromatic heterocycles. The molecule has 0 bridgehead atoms. The van der Waals surface area contributed by atoms with Gasteiger partial charge in [0.05, 0.1) is 27.8 Å². The number of aromatic nitrogens is 14. The fourth-order valence-corrected chi connectivity index (χ4v) is 26.2. The van der Waals surface area contributed by atoms with Crippen LogP contribution in [-0.4, -0.2) is 131 Å². The number of aldehydes is 1. The topological polar surface area (TPSA) is 208 Å². The Labute approximate surface area is 542 Å². The van der Waals surface area contributed by atoms with Crippen LogP contribution in [0.15, 0.2) is 135 Å². The predicted octanol–water partition coefficient (Wildman–Crippen LogP) is 11.1. The molecule has 0 saturated heterocycles. The third-order valence-corrected chi connectivity index (χ3v) is 29.6. The molecule has 11 aromatic rings. The first-order chi connectivity index (χ1) is 39.2. The molecule has 0 amide bonds. The summed E-state index contributed by atoms with van der Waals surface area (Å²) < 4.78 is 29.1. The van der Waals surface area contributed by atoms with Crippen LogP contribution in [0.3, 0.4) is 0 Å². The second-order valence-electron chi connectivity index (χ2n) is 19.2. The van der Waals surface area contributed by atoms with Crippen molar-refractivity contribution in [3.05, 3.63) is 187 Å². The first-order valence-electron chi connectivity index (χ1n) is 26.8. The van der Waals surface area contributed by atoms with Gasteiger partial charge in [0, 0.05) is 51.0 Å². The van der Waals surface area contributed by atoms with Crippen molar-refractivity contribution in [2.24, 2.45) is 7.05 Å². The number of hydrogen-bond donors (Lipinski definition) is 0. The SMILES string of the molecule is C.CCC[CH2][Sn]([CH2]CCC)([CH2]CCC)[c]1cncn1C.Cc1cncn1-c1nc(C=O)c2ccccc2n1.Cc1nc(-n2cncc2C)nc2ccccc12.Cc1nc(C)c2ccccc2n1.Clc1nc(Cl)c2ccccc2n1.O=[Se]=O.[CH3-].[Cl-].[Mg+2]. The minimum Gasteiger partial charge on any atom is -1.00 e. The van der Waals surface area contributed by atoms with Crippen molar-refractivity contribution >= 4 is 133 Å². The average Bonchev–Trinajstić information content (AvgIpc) is 4.16. The number of hydrogen-bond acceptors (Lipinski definition) is 14. The summed E-state index contributed by atoms with van der Waals surface area (Å²) in [5.74, 6) is 1.98. The van der Waals surface area contributed by atoms with E-state index in [2.05, 4.69) is 93.4 Å². The van der Waals surface area contributed by atoms with E-state index in [0.717, 1.165) is 78.5 Å². The van der Waals surface area contributed by atoms with Crippen LogP contribution in [0, 0.1) is 42.0 Å². The summed E-state index contributed by atoms with van der Waals surface area (Å²) in [7, 11) is 2.21. The first-order valence-corrected chi connectivity index (χ1v) is 36.4. The zero-order valence-corrected chi connectivity index (χ0v) is 57.6. The van der Waals surface area contributed by atoms with Crippen molar-refractivity contribution in [2.75, 3.05) is 0 Å². The van der Waals surface area contributed by atoms with E-state index in [0.29, 0.717) is 22.7 Å². The molecule has 85 heavy (non-hydrogen) atoms. The molecule has 23 heteroatoms. The van der Waals surface area contributed by atoms with Crippen LogP contribution < -0.4 is 16.1 Å². The third-order valence-electron chi connectivity index (χ3n) is 13.4. The molecule has 0 radical (unpaired) electrons. The third kappa shape index (κ3) is 20.9. The van der Waals surface area contributed by atoms with Crippen LogP contribution in [0.4, 0.5) is 0 Å². The maximum Gasteiger partial charge on any atom is 2.00 e. The summed E-state index contributed by atoms with van der Waals surface area (Å²) in [6, 6.07) is 31.0. The van der Waals surface area contributed by atoms with Gasteiger partial charge in [0.25, 0.3) is 0 Å². The number of imidazole rings is 3. The number of rotatable bonds is 13. The van der Waals surface area contributed by atoms with Gasteiger partial charge in [0.1, 0.15) is 29.3 Å². The van der Waals surface area contributed by atoms with E-state index in [1.165, 1.54) is 51.8 Å². The number of para-hydroxylation sites is 4. The molecule has 7 heterocycles. The molecular formula is C62H75Cl3MgN14O3SeSn. The van der Waals surface area contributed by atoms with Crippen molar-refractivity contribution in [1.82, 2.24) is 68.5 Å². The Balaban J connectivity index is 0.000000357. The van der Waals surface area contributed by atoms with Gasteiger partial charge in [-0.15, -0.1) is 0 Å². The van der Waals surface area contributed by atoms with Crippen LogP contribution in [-0.2, 0) is 14.7 Å². The smallest absolute Gasteiger partial charge is 1.00 e. The number of fused-ring (bicyclic) bond motifs is 4. The number of halogens is 3. The van der Waals surface area contributed by atoms with Gasteiger partial charge in [-0.2, -0.15) is 0 Å². The van der Waals surface area contributed by atoms with Crippen molar-refractivity contribution in [1.29, 1.82) is 0 Å². The van der Waals surface area contributed by atoms with Crippen LogP contribution in [0.5, 0.6) is 0 Å². The van der Waals surface area contributed by atoms with E-state index in [4.69, 9.17) is 30.9 Å². The van der Waals surface area contributed by atoms with Crippen molar-refractivity contribution in [2.45, 2.75) is 115 Å². The van der Waals surface area contributed by atoms with Gasteiger partial charge < -0.3 is 19.8 Å². The predicted molar refractivity (Wildman–Crippen MR) is 345 cm³/mol. The molecule has 0 aliphatic heterocycles. The summed E-state index contributed by atoms with van der Waals surface area (Å²) in [4.78, 5) is 57.9. The van der Waals surface area contributed by atoms with Gasteiger partial charge in [-0.05, 0) is 76.6 Å². The molecule has 0 atom stereocenters. The second-order valence-corrected chi connectivity index (χ2v) is 33.2. The van der Waals surface area contributed by atoms with E-state index < -0.39 is 33.2 Å². The van der Waals surface area contributed by atoms with Crippen molar-refractivity contribution < 1.29 is 24.9 Å². The summed E-state index contributed by atoms with van der Waals surface area (Å²) in [6.45, 7) is 16.8. The number of nitrogens with zero attached hydrogens (tertiary/aromatic N) is 14. The van der Waals surface area contributed by atoms with Gasteiger partial charge in [0.15, 0.2) is 6.29 Å². The number of carbonyl (C=O) groups is 1. The first kappa shape index (κ1) is 75.2. The Morgan fingerprint density at radius 3 is 1.36 bits per heavy atom. The van der Waals surface area contributed by atoms with Crippen LogP contribution >= 0.6 is 23.2 Å². The Kier molecular flexibility index (Phi) is 33.9. The van der Waals surface area contributed by atoms with Crippen LogP contribution in [0.2, 0.25) is 23.7 Å². The maximum absolute atomic E-state index is 11.1. The minimum absolute atomic E-state index is 0. The standard InChI is InChI=1S/C13H10N4O.C13H12N4.C10H10N2.C8H4Cl2N2.C4H5N2.3C4H9.CH4.CH3.ClH.Mg.O2Se.Sn/c1-9-6-14-8-17(9)13-15-11-5-3-2-4-10(11)12(7-18)16-13;1-9-7-14-8-17(9)13-15-10(2)11-5-3-4-6-12(11)16-13;1-7-9-5-3-4-6-10(9)12-8(2)11-7;9-7-5-3-1-2-4-6(5)11-8(10)12-7;1-6-3-2-5-4-6;3*1-3-4-2;;;;;1-3-2;/h2-8H,1H3;3-8H,1-2H3;3-6H,1-2H3;1-4H;2,4H,1H3;3*1,3-4H2,2H3;1H4;1H3;1H;;;/q;;;;;;;;;-1;;+2;;/p-1. The molecule has 4 aromatic carbocycles.